The van der Waals surface area contributed by atoms with Crippen molar-refractivity contribution in [1.82, 2.24) is 4.90 Å². The molecule has 0 amide bonds. The van der Waals surface area contributed by atoms with Gasteiger partial charge in [-0.1, -0.05) is 12.2 Å². The van der Waals surface area contributed by atoms with E-state index in [0.717, 1.165) is 29.3 Å². The summed E-state index contributed by atoms with van der Waals surface area (Å²) in [6.45, 7) is 0.776. The highest BCUT2D eigenvalue weighted by Gasteiger charge is 2.65. The second-order valence-electron chi connectivity index (χ2n) is 7.22. The van der Waals surface area contributed by atoms with Gasteiger partial charge in [0.25, 0.3) is 0 Å². The first kappa shape index (κ1) is 10.7. The molecule has 0 aromatic heterocycles. The number of thiocarbonyl (C=S) groups is 1. The molecule has 0 radical (unpaired) electrons. The number of hydrogen-bond donors (Lipinski definition) is 1. The molecule has 1 heterocycles. The van der Waals surface area contributed by atoms with E-state index in [1.54, 1.807) is 0 Å². The van der Waals surface area contributed by atoms with Crippen LogP contribution in [0, 0.1) is 23.2 Å². The van der Waals surface area contributed by atoms with Crippen LogP contribution < -0.4 is 0 Å². The monoisotopic (exact) mass is 251 g/mol. The minimum absolute atomic E-state index is 0.158. The number of hydrogen-bond acceptors (Lipinski definition) is 2. The fraction of sp³-hybridized carbons (Fsp3) is 0.929. The summed E-state index contributed by atoms with van der Waals surface area (Å²) in [5, 5.41) is 11.0. The van der Waals surface area contributed by atoms with Gasteiger partial charge in [0.1, 0.15) is 10.6 Å². The Morgan fingerprint density at radius 2 is 1.59 bits per heavy atom. The fourth-order valence-electron chi connectivity index (χ4n) is 5.72. The van der Waals surface area contributed by atoms with Gasteiger partial charge in [0.2, 0.25) is 0 Å². The molecule has 1 saturated heterocycles. The first-order valence-corrected chi connectivity index (χ1v) is 7.41. The van der Waals surface area contributed by atoms with Crippen LogP contribution in [0.2, 0.25) is 0 Å². The summed E-state index contributed by atoms with van der Waals surface area (Å²) in [7, 11) is 2.01. The number of likely N-dealkylation sites (tertiary alicyclic amines) is 1. The molecular weight excluding hydrogens is 230 g/mol. The predicted molar refractivity (Wildman–Crippen MR) is 70.8 cm³/mol. The normalized spacial score (nSPS) is 56.2. The van der Waals surface area contributed by atoms with Gasteiger partial charge >= 0.3 is 0 Å². The van der Waals surface area contributed by atoms with Crippen molar-refractivity contribution in [2.24, 2.45) is 23.2 Å². The average molecular weight is 251 g/mol. The van der Waals surface area contributed by atoms with E-state index in [1.165, 1.54) is 38.5 Å². The van der Waals surface area contributed by atoms with E-state index in [1.807, 2.05) is 11.9 Å². The molecule has 1 atom stereocenters. The summed E-state index contributed by atoms with van der Waals surface area (Å²) in [5.41, 5.74) is -0.474. The highest BCUT2D eigenvalue weighted by Crippen LogP contribution is 2.65. The first-order chi connectivity index (χ1) is 8.02. The van der Waals surface area contributed by atoms with Crippen molar-refractivity contribution in [3.63, 3.8) is 0 Å². The number of nitrogens with zero attached hydrogens (tertiary/aromatic N) is 1. The van der Waals surface area contributed by atoms with Crippen LogP contribution >= 0.6 is 12.2 Å². The molecule has 0 spiro atoms. The van der Waals surface area contributed by atoms with Gasteiger partial charge < -0.3 is 10.0 Å². The lowest BCUT2D eigenvalue weighted by molar-refractivity contribution is -0.169. The Morgan fingerprint density at radius 1 is 1.12 bits per heavy atom. The van der Waals surface area contributed by atoms with Crippen LogP contribution in [0.15, 0.2) is 0 Å². The highest BCUT2D eigenvalue weighted by atomic mass is 32.1. The average Bonchev–Trinajstić information content (AvgIpc) is 2.26. The summed E-state index contributed by atoms with van der Waals surface area (Å²) < 4.78 is 0. The molecule has 5 rings (SSSR count). The van der Waals surface area contributed by atoms with Gasteiger partial charge in [-0.3, -0.25) is 0 Å². The molecule has 4 bridgehead atoms. The van der Waals surface area contributed by atoms with Crippen LogP contribution in [0.1, 0.15) is 38.5 Å². The maximum atomic E-state index is 11.0. The van der Waals surface area contributed by atoms with Crippen LogP contribution in [0.3, 0.4) is 0 Å². The van der Waals surface area contributed by atoms with Crippen LogP contribution in [0.5, 0.6) is 0 Å². The molecule has 0 aromatic rings. The first-order valence-electron chi connectivity index (χ1n) is 7.00. The zero-order chi connectivity index (χ0) is 11.8. The molecule has 5 aliphatic rings. The molecule has 4 saturated carbocycles. The van der Waals surface area contributed by atoms with Crippen molar-refractivity contribution in [3.05, 3.63) is 0 Å². The summed E-state index contributed by atoms with van der Waals surface area (Å²) >= 11 is 5.45. The summed E-state index contributed by atoms with van der Waals surface area (Å²) in [6, 6.07) is 0. The third-order valence-corrected chi connectivity index (χ3v) is 6.73. The summed E-state index contributed by atoms with van der Waals surface area (Å²) in [6.07, 6.45) is 8.00. The van der Waals surface area contributed by atoms with E-state index in [-0.39, 0.29) is 5.41 Å². The Labute approximate surface area is 108 Å². The van der Waals surface area contributed by atoms with Crippen molar-refractivity contribution in [2.75, 3.05) is 13.6 Å². The van der Waals surface area contributed by atoms with Gasteiger partial charge in [-0.25, -0.2) is 0 Å². The van der Waals surface area contributed by atoms with E-state index in [4.69, 9.17) is 12.2 Å². The largest absolute Gasteiger partial charge is 0.380 e. The second kappa shape index (κ2) is 3.05. The number of β-amino-alcohol motifs (C(OH)–C–C–N with tert-alkyl or cyclic N) is 1. The molecule has 94 valence electrons. The van der Waals surface area contributed by atoms with Gasteiger partial charge in [0.05, 0.1) is 6.54 Å². The molecule has 1 unspecified atom stereocenters. The Hall–Kier alpha value is -0.150. The topological polar surface area (TPSA) is 23.5 Å². The van der Waals surface area contributed by atoms with Crippen LogP contribution in [-0.4, -0.2) is 34.2 Å². The smallest absolute Gasteiger partial charge is 0.137 e. The van der Waals surface area contributed by atoms with E-state index < -0.39 is 5.60 Å². The lowest BCUT2D eigenvalue weighted by Gasteiger charge is -2.66. The standard InChI is InChI=1S/C14H21NOS/c1-15-8-14(16,12(15)17)13-5-9-2-10(6-13)4-11(3-9)7-13/h9-11,16H,2-8H2,1H3. The van der Waals surface area contributed by atoms with Crippen molar-refractivity contribution in [2.45, 2.75) is 44.1 Å². The molecule has 4 aliphatic carbocycles. The zero-order valence-corrected chi connectivity index (χ0v) is 11.3. The molecule has 0 aromatic carbocycles. The Balaban J connectivity index is 1.71. The quantitative estimate of drug-likeness (QED) is 0.723. The van der Waals surface area contributed by atoms with Crippen LogP contribution in [0.25, 0.3) is 0 Å². The Bertz CT molecular complexity index is 358. The van der Waals surface area contributed by atoms with Gasteiger partial charge in [-0.2, -0.15) is 0 Å². The van der Waals surface area contributed by atoms with Gasteiger partial charge in [-0.05, 0) is 56.3 Å². The highest BCUT2D eigenvalue weighted by molar-refractivity contribution is 7.80. The van der Waals surface area contributed by atoms with E-state index >= 15 is 0 Å². The van der Waals surface area contributed by atoms with Crippen molar-refractivity contribution in [3.8, 4) is 0 Å². The molecule has 1 N–H and O–H groups in total. The number of likely N-dealkylation sites (N-methyl/N-ethyl adjacent to an activating group) is 1. The van der Waals surface area contributed by atoms with Crippen molar-refractivity contribution in [1.29, 1.82) is 0 Å². The lowest BCUT2D eigenvalue weighted by Crippen LogP contribution is -2.74. The molecule has 2 nitrogen and oxygen atoms in total. The molecule has 17 heavy (non-hydrogen) atoms. The van der Waals surface area contributed by atoms with E-state index in [0.29, 0.717) is 0 Å². The maximum Gasteiger partial charge on any atom is 0.137 e. The van der Waals surface area contributed by atoms with Crippen LogP contribution in [-0.2, 0) is 0 Å². The number of aliphatic hydroxyl groups is 1. The minimum atomic E-state index is -0.632. The van der Waals surface area contributed by atoms with Gasteiger partial charge in [-0.15, -0.1) is 0 Å². The van der Waals surface area contributed by atoms with Gasteiger partial charge in [0, 0.05) is 12.5 Å². The molecular formula is C14H21NOS. The minimum Gasteiger partial charge on any atom is -0.380 e. The zero-order valence-electron chi connectivity index (χ0n) is 10.5. The lowest BCUT2D eigenvalue weighted by atomic mass is 9.44. The van der Waals surface area contributed by atoms with E-state index in [2.05, 4.69) is 0 Å². The SMILES string of the molecule is CN1CC(O)(C23CC4CC(CC(C4)C2)C3)C1=S. The third kappa shape index (κ3) is 1.18. The van der Waals surface area contributed by atoms with Crippen LogP contribution in [0.4, 0.5) is 0 Å². The van der Waals surface area contributed by atoms with E-state index in [9.17, 15) is 5.11 Å². The molecule has 3 heteroatoms. The van der Waals surface area contributed by atoms with Gasteiger partial charge in [0.15, 0.2) is 0 Å². The predicted octanol–water partition coefficient (Wildman–Crippen LogP) is 2.21. The molecule has 1 aliphatic heterocycles. The Morgan fingerprint density at radius 3 is 1.94 bits per heavy atom. The fourth-order valence-corrected chi connectivity index (χ4v) is 6.06. The maximum absolute atomic E-state index is 11.0. The third-order valence-electron chi connectivity index (χ3n) is 6.08. The van der Waals surface area contributed by atoms with Crippen molar-refractivity contribution >= 4 is 17.2 Å². The molecule has 5 fully saturated rings. The number of rotatable bonds is 1. The summed E-state index contributed by atoms with van der Waals surface area (Å²) in [4.78, 5) is 2.87. The summed E-state index contributed by atoms with van der Waals surface area (Å²) in [5.74, 6) is 2.66. The Kier molecular flexibility index (Phi) is 1.93. The second-order valence-corrected chi connectivity index (χ2v) is 7.61. The van der Waals surface area contributed by atoms with Crippen molar-refractivity contribution < 1.29 is 5.11 Å².